The van der Waals surface area contributed by atoms with Crippen LogP contribution in [0.3, 0.4) is 0 Å². The molecular formula is C21H16Cl2F3N3O2S. The lowest BCUT2D eigenvalue weighted by Crippen LogP contribution is -2.37. The van der Waals surface area contributed by atoms with Gasteiger partial charge in [0.15, 0.2) is 5.69 Å². The molecule has 1 atom stereocenters. The van der Waals surface area contributed by atoms with Crippen molar-refractivity contribution in [2.45, 2.75) is 35.7 Å². The normalized spacial score (nSPS) is 16.7. The van der Waals surface area contributed by atoms with Gasteiger partial charge in [-0.3, -0.25) is 4.79 Å². The molecule has 0 unspecified atom stereocenters. The minimum Gasteiger partial charge on any atom is -0.492 e. The lowest BCUT2D eigenvalue weighted by Gasteiger charge is -2.25. The Labute approximate surface area is 195 Å². The molecule has 0 bridgehead atoms. The number of fused-ring (bicyclic) bond motifs is 1. The molecule has 3 aromatic rings. The van der Waals surface area contributed by atoms with Crippen LogP contribution in [0.2, 0.25) is 10.0 Å². The van der Waals surface area contributed by atoms with E-state index in [0.29, 0.717) is 23.0 Å². The maximum absolute atomic E-state index is 13.2. The first kappa shape index (κ1) is 22.9. The van der Waals surface area contributed by atoms with E-state index in [9.17, 15) is 23.1 Å². The molecule has 4 rings (SSSR count). The van der Waals surface area contributed by atoms with E-state index in [2.05, 4.69) is 9.97 Å². The van der Waals surface area contributed by atoms with Crippen molar-refractivity contribution in [3.8, 4) is 5.88 Å². The van der Waals surface area contributed by atoms with E-state index in [1.807, 2.05) is 0 Å². The van der Waals surface area contributed by atoms with Gasteiger partial charge in [-0.15, -0.1) is 0 Å². The fraction of sp³-hybridized carbons (Fsp3) is 0.286. The second-order valence-corrected chi connectivity index (χ2v) is 9.38. The summed E-state index contributed by atoms with van der Waals surface area (Å²) in [6, 6.07) is 8.78. The van der Waals surface area contributed by atoms with Crippen molar-refractivity contribution in [2.24, 2.45) is 0 Å². The molecule has 0 saturated carbocycles. The number of alkyl halides is 3. The molecule has 2 aromatic carbocycles. The topological polar surface area (TPSA) is 66.3 Å². The van der Waals surface area contributed by atoms with Crippen LogP contribution < -0.4 is 0 Å². The number of nitrogens with zero attached hydrogens (tertiary/aromatic N) is 3. The lowest BCUT2D eigenvalue weighted by atomic mass is 10.0. The second-order valence-electron chi connectivity index (χ2n) is 7.37. The SMILES string of the molecule is O=C(c1nc2cc(SC(F)(F)F)ccc2nc1O)N1CCC[C@H]1Cc1cc(Cl)cc(Cl)c1. The summed E-state index contributed by atoms with van der Waals surface area (Å²) < 4.78 is 38.1. The molecule has 0 spiro atoms. The van der Waals surface area contributed by atoms with Crippen LogP contribution in [-0.4, -0.2) is 44.0 Å². The highest BCUT2D eigenvalue weighted by Gasteiger charge is 2.33. The number of aromatic nitrogens is 2. The van der Waals surface area contributed by atoms with E-state index in [1.165, 1.54) is 18.2 Å². The highest BCUT2D eigenvalue weighted by molar-refractivity contribution is 8.00. The minimum atomic E-state index is -4.46. The Morgan fingerprint density at radius 3 is 2.53 bits per heavy atom. The fourth-order valence-electron chi connectivity index (χ4n) is 3.82. The average Bonchev–Trinajstić information content (AvgIpc) is 3.13. The van der Waals surface area contributed by atoms with E-state index in [0.717, 1.165) is 18.4 Å². The quantitative estimate of drug-likeness (QED) is 0.437. The molecular weight excluding hydrogens is 486 g/mol. The monoisotopic (exact) mass is 501 g/mol. The summed E-state index contributed by atoms with van der Waals surface area (Å²) in [6.45, 7) is 0.459. The molecule has 1 aliphatic heterocycles. The zero-order valence-electron chi connectivity index (χ0n) is 16.4. The van der Waals surface area contributed by atoms with Crippen LogP contribution in [-0.2, 0) is 6.42 Å². The fourth-order valence-corrected chi connectivity index (χ4v) is 4.96. The number of amides is 1. The molecule has 1 saturated heterocycles. The number of halogens is 5. The van der Waals surface area contributed by atoms with Gasteiger partial charge in [-0.05, 0) is 73.0 Å². The molecule has 168 valence electrons. The molecule has 0 aliphatic carbocycles. The molecule has 2 heterocycles. The van der Waals surface area contributed by atoms with Crippen molar-refractivity contribution >= 4 is 51.9 Å². The lowest BCUT2D eigenvalue weighted by molar-refractivity contribution is -0.0328. The van der Waals surface area contributed by atoms with Crippen LogP contribution in [0.15, 0.2) is 41.3 Å². The van der Waals surface area contributed by atoms with E-state index in [1.54, 1.807) is 23.1 Å². The van der Waals surface area contributed by atoms with Gasteiger partial charge >= 0.3 is 5.51 Å². The highest BCUT2D eigenvalue weighted by Crippen LogP contribution is 2.38. The Bertz CT molecular complexity index is 1170. The number of rotatable bonds is 4. The van der Waals surface area contributed by atoms with Crippen molar-refractivity contribution in [3.63, 3.8) is 0 Å². The van der Waals surface area contributed by atoms with Gasteiger partial charge in [-0.25, -0.2) is 9.97 Å². The third-order valence-corrected chi connectivity index (χ3v) is 6.24. The second kappa shape index (κ2) is 8.96. The summed E-state index contributed by atoms with van der Waals surface area (Å²) >= 11 is 11.9. The van der Waals surface area contributed by atoms with Crippen LogP contribution in [0.1, 0.15) is 28.9 Å². The predicted molar refractivity (Wildman–Crippen MR) is 117 cm³/mol. The number of thioether (sulfide) groups is 1. The van der Waals surface area contributed by atoms with Crippen molar-refractivity contribution in [1.29, 1.82) is 0 Å². The first-order valence-corrected chi connectivity index (χ1v) is 11.2. The third kappa shape index (κ3) is 5.22. The summed E-state index contributed by atoms with van der Waals surface area (Å²) in [5.74, 6) is -1.09. The number of aromatic hydroxyl groups is 1. The highest BCUT2D eigenvalue weighted by atomic mass is 35.5. The van der Waals surface area contributed by atoms with E-state index in [-0.39, 0.29) is 39.4 Å². The van der Waals surface area contributed by atoms with Crippen LogP contribution >= 0.6 is 35.0 Å². The molecule has 32 heavy (non-hydrogen) atoms. The molecule has 1 aliphatic rings. The van der Waals surface area contributed by atoms with Crippen LogP contribution in [0.4, 0.5) is 13.2 Å². The Kier molecular flexibility index (Phi) is 6.42. The Morgan fingerprint density at radius 2 is 1.84 bits per heavy atom. The number of hydrogen-bond donors (Lipinski definition) is 1. The predicted octanol–water partition coefficient (Wildman–Crippen LogP) is 6.10. The zero-order valence-corrected chi connectivity index (χ0v) is 18.7. The summed E-state index contributed by atoms with van der Waals surface area (Å²) in [5.41, 5.74) is -3.59. The molecule has 0 radical (unpaired) electrons. The molecule has 1 N–H and O–H groups in total. The van der Waals surface area contributed by atoms with E-state index >= 15 is 0 Å². The Morgan fingerprint density at radius 1 is 1.12 bits per heavy atom. The van der Waals surface area contributed by atoms with Gasteiger partial charge < -0.3 is 10.0 Å². The number of carbonyl (C=O) groups excluding carboxylic acids is 1. The molecule has 1 fully saturated rings. The number of likely N-dealkylation sites (tertiary alicyclic amines) is 1. The summed E-state index contributed by atoms with van der Waals surface area (Å²) in [4.78, 5) is 22.8. The maximum Gasteiger partial charge on any atom is 0.446 e. The van der Waals surface area contributed by atoms with Crippen LogP contribution in [0.25, 0.3) is 11.0 Å². The van der Waals surface area contributed by atoms with Gasteiger partial charge in [-0.2, -0.15) is 13.2 Å². The van der Waals surface area contributed by atoms with Crippen molar-refractivity contribution in [1.82, 2.24) is 14.9 Å². The molecule has 5 nitrogen and oxygen atoms in total. The van der Waals surface area contributed by atoms with E-state index < -0.39 is 17.3 Å². The van der Waals surface area contributed by atoms with Crippen LogP contribution in [0.5, 0.6) is 5.88 Å². The number of hydrogen-bond acceptors (Lipinski definition) is 5. The molecule has 1 amide bonds. The first-order chi connectivity index (χ1) is 15.1. The van der Waals surface area contributed by atoms with Gasteiger partial charge in [0, 0.05) is 27.5 Å². The van der Waals surface area contributed by atoms with Gasteiger partial charge in [0.2, 0.25) is 5.88 Å². The number of carbonyl (C=O) groups is 1. The molecule has 1 aromatic heterocycles. The summed E-state index contributed by atoms with van der Waals surface area (Å²) in [5, 5.41) is 11.3. The van der Waals surface area contributed by atoms with Crippen molar-refractivity contribution in [3.05, 3.63) is 57.7 Å². The molecule has 11 heteroatoms. The summed E-state index contributed by atoms with van der Waals surface area (Å²) in [7, 11) is 0. The number of benzene rings is 2. The minimum absolute atomic E-state index is 0.0831. The van der Waals surface area contributed by atoms with Crippen molar-refractivity contribution in [2.75, 3.05) is 6.54 Å². The van der Waals surface area contributed by atoms with Gasteiger partial charge in [0.1, 0.15) is 0 Å². The maximum atomic E-state index is 13.2. The average molecular weight is 502 g/mol. The third-order valence-electron chi connectivity index (χ3n) is 5.09. The largest absolute Gasteiger partial charge is 0.492 e. The van der Waals surface area contributed by atoms with Crippen LogP contribution in [0, 0.1) is 0 Å². The Balaban J connectivity index is 1.61. The smallest absolute Gasteiger partial charge is 0.446 e. The summed E-state index contributed by atoms with van der Waals surface area (Å²) in [6.07, 6.45) is 2.02. The van der Waals surface area contributed by atoms with Gasteiger partial charge in [-0.1, -0.05) is 23.2 Å². The van der Waals surface area contributed by atoms with E-state index in [4.69, 9.17) is 23.2 Å². The zero-order chi connectivity index (χ0) is 23.0. The van der Waals surface area contributed by atoms with Gasteiger partial charge in [0.25, 0.3) is 5.91 Å². The first-order valence-electron chi connectivity index (χ1n) is 9.61. The van der Waals surface area contributed by atoms with Gasteiger partial charge in [0.05, 0.1) is 11.0 Å². The standard InChI is InChI=1S/C21H16Cl2F3N3O2S/c22-12-6-11(7-13(23)9-12)8-14-2-1-5-29(14)20(31)18-19(30)28-16-4-3-15(10-17(16)27-18)32-21(24,25)26/h3-4,6-7,9-10,14H,1-2,5,8H2,(H,28,30)/t14-/m0/s1. The Hall–Kier alpha value is -2.23. The van der Waals surface area contributed by atoms with Crippen molar-refractivity contribution < 1.29 is 23.1 Å².